The summed E-state index contributed by atoms with van der Waals surface area (Å²) >= 11 is 0. The molecule has 0 aliphatic carbocycles. The van der Waals surface area contributed by atoms with Gasteiger partial charge in [-0.1, -0.05) is 43.2 Å². The zero-order chi connectivity index (χ0) is 16.4. The van der Waals surface area contributed by atoms with Gasteiger partial charge in [-0.15, -0.1) is 0 Å². The second-order valence-electron chi connectivity index (χ2n) is 5.60. The summed E-state index contributed by atoms with van der Waals surface area (Å²) in [6.45, 7) is 1.19. The number of rotatable bonds is 11. The van der Waals surface area contributed by atoms with E-state index in [0.717, 1.165) is 5.56 Å². The van der Waals surface area contributed by atoms with E-state index in [4.69, 9.17) is 15.8 Å². The molecule has 122 valence electrons. The van der Waals surface area contributed by atoms with Gasteiger partial charge in [-0.25, -0.2) is 0 Å². The first-order chi connectivity index (χ1) is 10.4. The first-order valence-corrected chi connectivity index (χ1v) is 7.57. The van der Waals surface area contributed by atoms with Crippen LogP contribution >= 0.6 is 0 Å². The lowest BCUT2D eigenvalue weighted by molar-refractivity contribution is -0.143. The van der Waals surface area contributed by atoms with Crippen molar-refractivity contribution < 1.29 is 19.9 Å². The number of aliphatic carboxylic acids is 1. The largest absolute Gasteiger partial charge is 0.480 e. The molecule has 0 saturated carbocycles. The van der Waals surface area contributed by atoms with Crippen LogP contribution in [0.2, 0.25) is 6.32 Å². The summed E-state index contributed by atoms with van der Waals surface area (Å²) in [4.78, 5) is 11.4. The van der Waals surface area contributed by atoms with E-state index in [9.17, 15) is 9.90 Å². The van der Waals surface area contributed by atoms with Gasteiger partial charge in [-0.05, 0) is 31.3 Å². The Morgan fingerprint density at radius 2 is 1.86 bits per heavy atom. The Bertz CT molecular complexity index is 444. The molecule has 1 aromatic rings. The number of nitrogens with two attached hydrogens (primary N) is 1. The lowest BCUT2D eigenvalue weighted by Crippen LogP contribution is -2.49. The number of nitrogens with one attached hydrogen (secondary N) is 1. The molecule has 0 aromatic heterocycles. The van der Waals surface area contributed by atoms with Gasteiger partial charge in [0.1, 0.15) is 5.54 Å². The minimum Gasteiger partial charge on any atom is -0.480 e. The van der Waals surface area contributed by atoms with E-state index in [0.29, 0.717) is 38.8 Å². The first-order valence-electron chi connectivity index (χ1n) is 7.57. The van der Waals surface area contributed by atoms with Gasteiger partial charge < -0.3 is 26.2 Å². The predicted molar refractivity (Wildman–Crippen MR) is 86.2 cm³/mol. The molecule has 0 aliphatic heterocycles. The van der Waals surface area contributed by atoms with Gasteiger partial charge in [0.2, 0.25) is 0 Å². The second kappa shape index (κ2) is 9.58. The molecule has 1 atom stereocenters. The third-order valence-corrected chi connectivity index (χ3v) is 3.68. The molecule has 0 heterocycles. The van der Waals surface area contributed by atoms with Crippen LogP contribution in [0.5, 0.6) is 0 Å². The molecule has 1 unspecified atom stereocenters. The standard InChI is InChI=1S/C15H25BN2O4/c17-15(14(19)20,8-4-5-10-16(21)22)9-11-18-12-13-6-2-1-3-7-13/h1-3,6-7,18,21-22H,4-5,8-12,17H2,(H,19,20). The quantitative estimate of drug-likeness (QED) is 0.302. The molecule has 22 heavy (non-hydrogen) atoms. The van der Waals surface area contributed by atoms with Crippen molar-refractivity contribution in [3.63, 3.8) is 0 Å². The van der Waals surface area contributed by atoms with E-state index in [1.165, 1.54) is 0 Å². The minimum absolute atomic E-state index is 0.238. The average molecular weight is 308 g/mol. The van der Waals surface area contributed by atoms with Crippen LogP contribution in [0.3, 0.4) is 0 Å². The summed E-state index contributed by atoms with van der Waals surface area (Å²) in [5, 5.41) is 30.0. The molecule has 6 N–H and O–H groups in total. The van der Waals surface area contributed by atoms with Crippen molar-refractivity contribution in [2.75, 3.05) is 6.54 Å². The summed E-state index contributed by atoms with van der Waals surface area (Å²) in [6, 6.07) is 9.86. The molecular formula is C15H25BN2O4. The van der Waals surface area contributed by atoms with E-state index in [1.807, 2.05) is 30.3 Å². The normalized spacial score (nSPS) is 13.6. The molecule has 0 bridgehead atoms. The molecule has 0 amide bonds. The van der Waals surface area contributed by atoms with Gasteiger partial charge in [0.15, 0.2) is 0 Å². The van der Waals surface area contributed by atoms with Crippen molar-refractivity contribution in [3.05, 3.63) is 35.9 Å². The topological polar surface area (TPSA) is 116 Å². The SMILES string of the molecule is NC(CCCCB(O)O)(CCNCc1ccccc1)C(=O)O. The Morgan fingerprint density at radius 3 is 2.45 bits per heavy atom. The fourth-order valence-electron chi connectivity index (χ4n) is 2.25. The molecule has 0 aliphatic rings. The third-order valence-electron chi connectivity index (χ3n) is 3.68. The summed E-state index contributed by atoms with van der Waals surface area (Å²) in [5.41, 5.74) is 5.84. The number of carboxylic acids is 1. The zero-order valence-corrected chi connectivity index (χ0v) is 12.7. The van der Waals surface area contributed by atoms with Gasteiger partial charge in [0, 0.05) is 6.54 Å². The lowest BCUT2D eigenvalue weighted by atomic mass is 9.81. The lowest BCUT2D eigenvalue weighted by Gasteiger charge is -2.25. The highest BCUT2D eigenvalue weighted by atomic mass is 16.4. The van der Waals surface area contributed by atoms with Crippen LogP contribution in [0.25, 0.3) is 0 Å². The average Bonchev–Trinajstić information content (AvgIpc) is 2.49. The highest BCUT2D eigenvalue weighted by molar-refractivity contribution is 6.40. The van der Waals surface area contributed by atoms with Crippen LogP contribution in [0.4, 0.5) is 0 Å². The van der Waals surface area contributed by atoms with Gasteiger partial charge in [0.05, 0.1) is 0 Å². The maximum atomic E-state index is 11.4. The fourth-order valence-corrected chi connectivity index (χ4v) is 2.25. The van der Waals surface area contributed by atoms with Crippen molar-refractivity contribution in [2.45, 2.75) is 44.1 Å². The van der Waals surface area contributed by atoms with E-state index in [2.05, 4.69) is 5.32 Å². The molecule has 0 fully saturated rings. The molecule has 7 heteroatoms. The number of unbranched alkanes of at least 4 members (excludes halogenated alkanes) is 1. The Balaban J connectivity index is 2.31. The number of carbonyl (C=O) groups is 1. The molecule has 0 radical (unpaired) electrons. The summed E-state index contributed by atoms with van der Waals surface area (Å²) in [5.74, 6) is -1.02. The highest BCUT2D eigenvalue weighted by Gasteiger charge is 2.32. The van der Waals surface area contributed by atoms with E-state index >= 15 is 0 Å². The summed E-state index contributed by atoms with van der Waals surface area (Å²) in [7, 11) is -1.34. The molecule has 1 rings (SSSR count). The summed E-state index contributed by atoms with van der Waals surface area (Å²) < 4.78 is 0. The molecule has 6 nitrogen and oxygen atoms in total. The van der Waals surface area contributed by atoms with Crippen LogP contribution in [-0.4, -0.2) is 40.3 Å². The Hall–Kier alpha value is -1.41. The Labute approximate surface area is 131 Å². The van der Waals surface area contributed by atoms with Gasteiger partial charge in [-0.2, -0.15) is 0 Å². The van der Waals surface area contributed by atoms with Crippen LogP contribution in [0.15, 0.2) is 30.3 Å². The first kappa shape index (κ1) is 18.6. The third kappa shape index (κ3) is 7.04. The highest BCUT2D eigenvalue weighted by Crippen LogP contribution is 2.17. The predicted octanol–water partition coefficient (Wildman–Crippen LogP) is 0.591. The van der Waals surface area contributed by atoms with Crippen LogP contribution in [-0.2, 0) is 11.3 Å². The van der Waals surface area contributed by atoms with Crippen molar-refractivity contribution in [3.8, 4) is 0 Å². The molecule has 0 saturated heterocycles. The van der Waals surface area contributed by atoms with Gasteiger partial charge in [-0.3, -0.25) is 4.79 Å². The maximum Gasteiger partial charge on any atom is 0.451 e. The van der Waals surface area contributed by atoms with Gasteiger partial charge in [0.25, 0.3) is 0 Å². The van der Waals surface area contributed by atoms with Crippen LogP contribution in [0, 0.1) is 0 Å². The van der Waals surface area contributed by atoms with Crippen molar-refractivity contribution in [1.82, 2.24) is 5.32 Å². The maximum absolute atomic E-state index is 11.4. The number of carboxylic acid groups (broad SMARTS) is 1. The Morgan fingerprint density at radius 1 is 1.18 bits per heavy atom. The zero-order valence-electron chi connectivity index (χ0n) is 12.7. The molecule has 1 aromatic carbocycles. The smallest absolute Gasteiger partial charge is 0.451 e. The van der Waals surface area contributed by atoms with Crippen molar-refractivity contribution >= 4 is 13.1 Å². The monoisotopic (exact) mass is 308 g/mol. The fraction of sp³-hybridized carbons (Fsp3) is 0.533. The Kier molecular flexibility index (Phi) is 8.12. The van der Waals surface area contributed by atoms with Crippen LogP contribution in [0.1, 0.15) is 31.2 Å². The van der Waals surface area contributed by atoms with E-state index in [-0.39, 0.29) is 6.32 Å². The molecular weight excluding hydrogens is 283 g/mol. The van der Waals surface area contributed by atoms with E-state index in [1.54, 1.807) is 0 Å². The van der Waals surface area contributed by atoms with E-state index < -0.39 is 18.6 Å². The van der Waals surface area contributed by atoms with Crippen molar-refractivity contribution in [2.24, 2.45) is 5.73 Å². The number of hydrogen-bond acceptors (Lipinski definition) is 5. The summed E-state index contributed by atoms with van der Waals surface area (Å²) in [6.07, 6.45) is 1.99. The second-order valence-corrected chi connectivity index (χ2v) is 5.60. The van der Waals surface area contributed by atoms with Crippen molar-refractivity contribution in [1.29, 1.82) is 0 Å². The van der Waals surface area contributed by atoms with Crippen LogP contribution < -0.4 is 11.1 Å². The molecule has 0 spiro atoms. The number of benzene rings is 1. The van der Waals surface area contributed by atoms with Gasteiger partial charge >= 0.3 is 13.1 Å². The minimum atomic E-state index is -1.34. The number of hydrogen-bond donors (Lipinski definition) is 5.